The molecule has 0 bridgehead atoms. The molecule has 7 heteroatoms. The third-order valence-corrected chi connectivity index (χ3v) is 3.15. The SMILES string of the molecule is Cn1ncc(CNc2nccc3c2ncn3C)c1N. The monoisotopic (exact) mass is 257 g/mol. The first-order valence-corrected chi connectivity index (χ1v) is 5.93. The minimum absolute atomic E-state index is 0.572. The number of anilines is 2. The van der Waals surface area contributed by atoms with Gasteiger partial charge < -0.3 is 15.6 Å². The summed E-state index contributed by atoms with van der Waals surface area (Å²) in [6.07, 6.45) is 5.29. The molecule has 3 heterocycles. The van der Waals surface area contributed by atoms with Gasteiger partial charge in [-0.1, -0.05) is 0 Å². The minimum Gasteiger partial charge on any atom is -0.384 e. The number of rotatable bonds is 3. The van der Waals surface area contributed by atoms with Crippen LogP contribution in [-0.2, 0) is 20.6 Å². The number of hydrogen-bond donors (Lipinski definition) is 2. The molecule has 0 aliphatic heterocycles. The van der Waals surface area contributed by atoms with Gasteiger partial charge in [0.25, 0.3) is 0 Å². The van der Waals surface area contributed by atoms with Crippen molar-refractivity contribution in [1.29, 1.82) is 0 Å². The summed E-state index contributed by atoms with van der Waals surface area (Å²) in [5.74, 6) is 1.40. The topological polar surface area (TPSA) is 86.6 Å². The molecule has 0 radical (unpaired) electrons. The number of nitrogens with one attached hydrogen (secondary N) is 1. The molecule has 98 valence electrons. The number of aryl methyl sites for hydroxylation is 2. The fourth-order valence-electron chi connectivity index (χ4n) is 2.00. The summed E-state index contributed by atoms with van der Waals surface area (Å²) in [5, 5.41) is 7.36. The summed E-state index contributed by atoms with van der Waals surface area (Å²) in [6, 6.07) is 1.94. The Morgan fingerprint density at radius 3 is 2.89 bits per heavy atom. The molecule has 7 nitrogen and oxygen atoms in total. The number of fused-ring (bicyclic) bond motifs is 1. The van der Waals surface area contributed by atoms with Gasteiger partial charge in [0.2, 0.25) is 0 Å². The Balaban J connectivity index is 1.88. The van der Waals surface area contributed by atoms with Crippen molar-refractivity contribution in [3.05, 3.63) is 30.4 Å². The highest BCUT2D eigenvalue weighted by Gasteiger charge is 2.08. The molecule has 19 heavy (non-hydrogen) atoms. The van der Waals surface area contributed by atoms with Gasteiger partial charge in [0, 0.05) is 32.4 Å². The standard InChI is InChI=1S/C12H15N7/c1-18-7-16-10-9(18)3-4-14-12(10)15-5-8-6-17-19(2)11(8)13/h3-4,6-7H,5,13H2,1-2H3,(H,14,15). The third-order valence-electron chi connectivity index (χ3n) is 3.15. The molecule has 0 fully saturated rings. The lowest BCUT2D eigenvalue weighted by Gasteiger charge is -2.06. The van der Waals surface area contributed by atoms with Crippen molar-refractivity contribution in [2.75, 3.05) is 11.1 Å². The molecule has 0 spiro atoms. The zero-order valence-corrected chi connectivity index (χ0v) is 10.8. The van der Waals surface area contributed by atoms with Crippen LogP contribution in [0.3, 0.4) is 0 Å². The molecule has 3 N–H and O–H groups in total. The van der Waals surface area contributed by atoms with Crippen LogP contribution in [0.2, 0.25) is 0 Å². The molecule has 0 amide bonds. The molecule has 3 aromatic rings. The Morgan fingerprint density at radius 2 is 2.16 bits per heavy atom. The Labute approximate surface area is 110 Å². The van der Waals surface area contributed by atoms with Gasteiger partial charge >= 0.3 is 0 Å². The van der Waals surface area contributed by atoms with Gasteiger partial charge in [0.05, 0.1) is 18.0 Å². The molecule has 3 aromatic heterocycles. The lowest BCUT2D eigenvalue weighted by atomic mass is 10.3. The van der Waals surface area contributed by atoms with Gasteiger partial charge in [-0.25, -0.2) is 9.97 Å². The van der Waals surface area contributed by atoms with Gasteiger partial charge in [-0.15, -0.1) is 0 Å². The van der Waals surface area contributed by atoms with E-state index in [1.165, 1.54) is 0 Å². The summed E-state index contributed by atoms with van der Waals surface area (Å²) in [4.78, 5) is 8.66. The van der Waals surface area contributed by atoms with E-state index < -0.39 is 0 Å². The first-order chi connectivity index (χ1) is 9.16. The quantitative estimate of drug-likeness (QED) is 0.728. The van der Waals surface area contributed by atoms with E-state index in [-0.39, 0.29) is 0 Å². The molecule has 0 aromatic carbocycles. The summed E-state index contributed by atoms with van der Waals surface area (Å²) < 4.78 is 3.60. The molecule has 3 rings (SSSR count). The number of nitrogen functional groups attached to an aromatic ring is 1. The van der Waals surface area contributed by atoms with Gasteiger partial charge in [0.1, 0.15) is 11.3 Å². The summed E-state index contributed by atoms with van der Waals surface area (Å²) in [5.41, 5.74) is 8.74. The second kappa shape index (κ2) is 4.27. The van der Waals surface area contributed by atoms with Crippen molar-refractivity contribution >= 4 is 22.7 Å². The Hall–Kier alpha value is -2.57. The van der Waals surface area contributed by atoms with E-state index in [0.29, 0.717) is 12.4 Å². The average Bonchev–Trinajstić information content (AvgIpc) is 2.94. The third kappa shape index (κ3) is 1.88. The van der Waals surface area contributed by atoms with E-state index in [1.54, 1.807) is 23.4 Å². The van der Waals surface area contributed by atoms with Crippen LogP contribution in [0.1, 0.15) is 5.56 Å². The number of pyridine rings is 1. The first kappa shape index (κ1) is 11.5. The van der Waals surface area contributed by atoms with Crippen molar-refractivity contribution in [2.24, 2.45) is 14.1 Å². The molecule has 0 aliphatic carbocycles. The summed E-state index contributed by atoms with van der Waals surface area (Å²) >= 11 is 0. The van der Waals surface area contributed by atoms with Crippen LogP contribution in [0.15, 0.2) is 24.8 Å². The molecule has 0 saturated carbocycles. The number of imidazole rings is 1. The van der Waals surface area contributed by atoms with Crippen LogP contribution in [0.25, 0.3) is 11.0 Å². The fraction of sp³-hybridized carbons (Fsp3) is 0.250. The lowest BCUT2D eigenvalue weighted by Crippen LogP contribution is -2.05. The van der Waals surface area contributed by atoms with E-state index in [4.69, 9.17) is 5.73 Å². The normalized spacial score (nSPS) is 11.1. The second-order valence-corrected chi connectivity index (χ2v) is 4.41. The average molecular weight is 257 g/mol. The van der Waals surface area contributed by atoms with Crippen molar-refractivity contribution in [3.63, 3.8) is 0 Å². The molecule has 0 saturated heterocycles. The summed E-state index contributed by atoms with van der Waals surface area (Å²) in [6.45, 7) is 0.572. The molecular formula is C12H15N7. The van der Waals surface area contributed by atoms with E-state index in [9.17, 15) is 0 Å². The number of hydrogen-bond acceptors (Lipinski definition) is 5. The Morgan fingerprint density at radius 1 is 1.32 bits per heavy atom. The van der Waals surface area contributed by atoms with E-state index >= 15 is 0 Å². The highest BCUT2D eigenvalue weighted by atomic mass is 15.3. The Kier molecular flexibility index (Phi) is 2.59. The van der Waals surface area contributed by atoms with Gasteiger partial charge in [-0.2, -0.15) is 5.10 Å². The van der Waals surface area contributed by atoms with Crippen molar-refractivity contribution in [2.45, 2.75) is 6.54 Å². The van der Waals surface area contributed by atoms with Crippen LogP contribution in [-0.4, -0.2) is 24.3 Å². The van der Waals surface area contributed by atoms with Gasteiger partial charge in [0.15, 0.2) is 5.82 Å². The molecule has 0 aliphatic rings. The van der Waals surface area contributed by atoms with Crippen molar-refractivity contribution < 1.29 is 0 Å². The van der Waals surface area contributed by atoms with Crippen LogP contribution < -0.4 is 11.1 Å². The zero-order valence-electron chi connectivity index (χ0n) is 10.8. The van der Waals surface area contributed by atoms with Crippen LogP contribution in [0.5, 0.6) is 0 Å². The van der Waals surface area contributed by atoms with E-state index in [1.807, 2.05) is 24.7 Å². The van der Waals surface area contributed by atoms with E-state index in [0.717, 1.165) is 22.4 Å². The number of nitrogens with zero attached hydrogens (tertiary/aromatic N) is 5. The highest BCUT2D eigenvalue weighted by molar-refractivity contribution is 5.85. The predicted molar refractivity (Wildman–Crippen MR) is 73.5 cm³/mol. The smallest absolute Gasteiger partial charge is 0.154 e. The molecular weight excluding hydrogens is 242 g/mol. The largest absolute Gasteiger partial charge is 0.384 e. The number of nitrogens with two attached hydrogens (primary N) is 1. The maximum absolute atomic E-state index is 5.90. The first-order valence-electron chi connectivity index (χ1n) is 5.93. The van der Waals surface area contributed by atoms with Gasteiger partial charge in [-0.3, -0.25) is 4.68 Å². The van der Waals surface area contributed by atoms with Gasteiger partial charge in [-0.05, 0) is 6.07 Å². The molecule has 0 atom stereocenters. The van der Waals surface area contributed by atoms with E-state index in [2.05, 4.69) is 20.4 Å². The van der Waals surface area contributed by atoms with Crippen LogP contribution in [0, 0.1) is 0 Å². The Bertz CT molecular complexity index is 725. The lowest BCUT2D eigenvalue weighted by molar-refractivity contribution is 0.778. The van der Waals surface area contributed by atoms with Crippen LogP contribution in [0.4, 0.5) is 11.6 Å². The van der Waals surface area contributed by atoms with Crippen LogP contribution >= 0.6 is 0 Å². The predicted octanol–water partition coefficient (Wildman–Crippen LogP) is 0.896. The van der Waals surface area contributed by atoms with Crippen molar-refractivity contribution in [3.8, 4) is 0 Å². The maximum atomic E-state index is 5.90. The minimum atomic E-state index is 0.572. The zero-order chi connectivity index (χ0) is 13.4. The second-order valence-electron chi connectivity index (χ2n) is 4.41. The fourth-order valence-corrected chi connectivity index (χ4v) is 2.00. The maximum Gasteiger partial charge on any atom is 0.154 e. The molecule has 0 unspecified atom stereocenters. The highest BCUT2D eigenvalue weighted by Crippen LogP contribution is 2.20. The summed E-state index contributed by atoms with van der Waals surface area (Å²) in [7, 11) is 3.77. The number of aromatic nitrogens is 5. The van der Waals surface area contributed by atoms with Crippen molar-refractivity contribution in [1.82, 2.24) is 24.3 Å².